The van der Waals surface area contributed by atoms with Gasteiger partial charge in [0.15, 0.2) is 9.84 Å². The number of hydrogen-bond acceptors (Lipinski definition) is 4. The van der Waals surface area contributed by atoms with Crippen LogP contribution in [0, 0.1) is 6.92 Å². The van der Waals surface area contributed by atoms with Gasteiger partial charge >= 0.3 is 5.97 Å². The van der Waals surface area contributed by atoms with Crippen molar-refractivity contribution in [3.05, 3.63) is 41.7 Å². The summed E-state index contributed by atoms with van der Waals surface area (Å²) in [5, 5.41) is 12.9. The minimum absolute atomic E-state index is 0.0904. The Morgan fingerprint density at radius 2 is 2.05 bits per heavy atom. The lowest BCUT2D eigenvalue weighted by atomic mass is 10.1. The average Bonchev–Trinajstić information content (AvgIpc) is 2.78. The van der Waals surface area contributed by atoms with Crippen molar-refractivity contribution in [2.75, 3.05) is 6.26 Å². The van der Waals surface area contributed by atoms with E-state index in [2.05, 4.69) is 5.10 Å². The SMILES string of the molecule is Cc1ccc(C(=O)O)cc1-n1cc(S(C)(=O)=O)cn1. The molecular weight excluding hydrogens is 268 g/mol. The molecule has 0 unspecified atom stereocenters. The number of aromatic carboxylic acids is 1. The summed E-state index contributed by atoms with van der Waals surface area (Å²) in [5.41, 5.74) is 1.46. The van der Waals surface area contributed by atoms with Gasteiger partial charge in [-0.3, -0.25) is 0 Å². The second-order valence-corrected chi connectivity index (χ2v) is 6.21. The van der Waals surface area contributed by atoms with Crippen LogP contribution in [0.3, 0.4) is 0 Å². The largest absolute Gasteiger partial charge is 0.478 e. The Labute approximate surface area is 110 Å². The maximum absolute atomic E-state index is 11.4. The number of benzene rings is 1. The molecule has 0 fully saturated rings. The van der Waals surface area contributed by atoms with E-state index in [0.717, 1.165) is 11.8 Å². The van der Waals surface area contributed by atoms with E-state index in [1.54, 1.807) is 13.0 Å². The molecule has 0 radical (unpaired) electrons. The zero-order valence-corrected chi connectivity index (χ0v) is 11.2. The van der Waals surface area contributed by atoms with Gasteiger partial charge in [0.1, 0.15) is 4.90 Å². The third-order valence-corrected chi connectivity index (χ3v) is 3.76. The first kappa shape index (κ1) is 13.3. The van der Waals surface area contributed by atoms with E-state index in [1.165, 1.54) is 29.2 Å². The van der Waals surface area contributed by atoms with Gasteiger partial charge in [0, 0.05) is 12.5 Å². The molecule has 0 aliphatic rings. The molecule has 0 amide bonds. The van der Waals surface area contributed by atoms with Gasteiger partial charge in [0.2, 0.25) is 0 Å². The molecule has 2 aromatic rings. The average molecular weight is 280 g/mol. The highest BCUT2D eigenvalue weighted by Gasteiger charge is 2.13. The van der Waals surface area contributed by atoms with E-state index in [4.69, 9.17) is 5.11 Å². The van der Waals surface area contributed by atoms with Gasteiger partial charge in [-0.1, -0.05) is 6.07 Å². The highest BCUT2D eigenvalue weighted by Crippen LogP contribution is 2.17. The number of carboxylic acid groups (broad SMARTS) is 1. The van der Waals surface area contributed by atoms with E-state index in [9.17, 15) is 13.2 Å². The van der Waals surface area contributed by atoms with E-state index in [1.807, 2.05) is 0 Å². The molecule has 0 aliphatic heterocycles. The normalized spacial score (nSPS) is 11.5. The summed E-state index contributed by atoms with van der Waals surface area (Å²) in [6.45, 7) is 1.79. The molecule has 0 saturated heterocycles. The van der Waals surface area contributed by atoms with Crippen molar-refractivity contribution in [3.8, 4) is 5.69 Å². The molecule has 19 heavy (non-hydrogen) atoms. The summed E-state index contributed by atoms with van der Waals surface area (Å²) < 4.78 is 24.1. The Morgan fingerprint density at radius 1 is 1.37 bits per heavy atom. The number of hydrogen-bond donors (Lipinski definition) is 1. The summed E-state index contributed by atoms with van der Waals surface area (Å²) in [7, 11) is -3.33. The quantitative estimate of drug-likeness (QED) is 0.914. The number of rotatable bonds is 3. The second kappa shape index (κ2) is 4.51. The molecule has 0 saturated carbocycles. The third-order valence-electron chi connectivity index (χ3n) is 2.69. The summed E-state index contributed by atoms with van der Waals surface area (Å²) >= 11 is 0. The Bertz CT molecular complexity index is 747. The second-order valence-electron chi connectivity index (χ2n) is 4.20. The van der Waals surface area contributed by atoms with Crippen LogP contribution in [-0.2, 0) is 9.84 Å². The molecule has 1 aromatic carbocycles. The Morgan fingerprint density at radius 3 is 2.58 bits per heavy atom. The van der Waals surface area contributed by atoms with Crippen molar-refractivity contribution in [2.24, 2.45) is 0 Å². The van der Waals surface area contributed by atoms with Gasteiger partial charge in [-0.2, -0.15) is 5.10 Å². The predicted molar refractivity (Wildman–Crippen MR) is 68.4 cm³/mol. The topological polar surface area (TPSA) is 89.3 Å². The number of carbonyl (C=O) groups is 1. The molecule has 2 rings (SSSR count). The van der Waals surface area contributed by atoms with Crippen molar-refractivity contribution >= 4 is 15.8 Å². The van der Waals surface area contributed by atoms with Gasteiger partial charge in [0.05, 0.1) is 17.4 Å². The molecule has 1 heterocycles. The summed E-state index contributed by atoms with van der Waals surface area (Å²) in [6.07, 6.45) is 3.69. The molecule has 7 heteroatoms. The molecule has 100 valence electrons. The van der Waals surface area contributed by atoms with Crippen LogP contribution in [-0.4, -0.2) is 35.5 Å². The minimum Gasteiger partial charge on any atom is -0.478 e. The van der Waals surface area contributed by atoms with E-state index >= 15 is 0 Å². The highest BCUT2D eigenvalue weighted by atomic mass is 32.2. The molecule has 1 N–H and O–H groups in total. The minimum atomic E-state index is -3.33. The van der Waals surface area contributed by atoms with Crippen molar-refractivity contribution in [1.82, 2.24) is 9.78 Å². The van der Waals surface area contributed by atoms with Crippen LogP contribution in [0.1, 0.15) is 15.9 Å². The number of aryl methyl sites for hydroxylation is 1. The van der Waals surface area contributed by atoms with Crippen LogP contribution in [0.4, 0.5) is 0 Å². The van der Waals surface area contributed by atoms with Gasteiger partial charge in [-0.25, -0.2) is 17.9 Å². The van der Waals surface area contributed by atoms with Crippen LogP contribution < -0.4 is 0 Å². The van der Waals surface area contributed by atoms with E-state index < -0.39 is 15.8 Å². The monoisotopic (exact) mass is 280 g/mol. The number of sulfone groups is 1. The van der Waals surface area contributed by atoms with Gasteiger partial charge in [0.25, 0.3) is 0 Å². The van der Waals surface area contributed by atoms with E-state index in [-0.39, 0.29) is 10.5 Å². The molecule has 0 bridgehead atoms. The van der Waals surface area contributed by atoms with Crippen molar-refractivity contribution in [1.29, 1.82) is 0 Å². The lowest BCUT2D eigenvalue weighted by Crippen LogP contribution is -2.02. The fraction of sp³-hybridized carbons (Fsp3) is 0.167. The Hall–Kier alpha value is -2.15. The first-order valence-electron chi connectivity index (χ1n) is 5.38. The van der Waals surface area contributed by atoms with Crippen molar-refractivity contribution in [2.45, 2.75) is 11.8 Å². The Kier molecular flexibility index (Phi) is 3.15. The predicted octanol–water partition coefficient (Wildman–Crippen LogP) is 1.28. The summed E-state index contributed by atoms with van der Waals surface area (Å²) in [4.78, 5) is 11.0. The number of nitrogens with zero attached hydrogens (tertiary/aromatic N) is 2. The van der Waals surface area contributed by atoms with Crippen molar-refractivity contribution < 1.29 is 18.3 Å². The van der Waals surface area contributed by atoms with Crippen LogP contribution in [0.25, 0.3) is 5.69 Å². The van der Waals surface area contributed by atoms with Crippen LogP contribution >= 0.6 is 0 Å². The molecule has 1 aromatic heterocycles. The zero-order valence-electron chi connectivity index (χ0n) is 10.4. The molecule has 6 nitrogen and oxygen atoms in total. The smallest absolute Gasteiger partial charge is 0.335 e. The zero-order chi connectivity index (χ0) is 14.2. The van der Waals surface area contributed by atoms with Gasteiger partial charge in [-0.05, 0) is 24.6 Å². The summed E-state index contributed by atoms with van der Waals surface area (Å²) in [6, 6.07) is 4.60. The molecular formula is C12H12N2O4S. The number of carboxylic acids is 1. The lowest BCUT2D eigenvalue weighted by Gasteiger charge is -2.06. The number of aromatic nitrogens is 2. The fourth-order valence-corrected chi connectivity index (χ4v) is 2.15. The molecule has 0 atom stereocenters. The van der Waals surface area contributed by atoms with Crippen LogP contribution in [0.15, 0.2) is 35.5 Å². The highest BCUT2D eigenvalue weighted by molar-refractivity contribution is 7.90. The Balaban J connectivity index is 2.56. The maximum Gasteiger partial charge on any atom is 0.335 e. The first-order valence-corrected chi connectivity index (χ1v) is 7.27. The molecule has 0 aliphatic carbocycles. The first-order chi connectivity index (χ1) is 8.79. The third kappa shape index (κ3) is 2.65. The van der Waals surface area contributed by atoms with Crippen LogP contribution in [0.2, 0.25) is 0 Å². The lowest BCUT2D eigenvalue weighted by molar-refractivity contribution is 0.0697. The van der Waals surface area contributed by atoms with Gasteiger partial charge < -0.3 is 5.11 Å². The van der Waals surface area contributed by atoms with E-state index in [0.29, 0.717) is 5.69 Å². The summed E-state index contributed by atoms with van der Waals surface area (Å²) in [5.74, 6) is -1.04. The van der Waals surface area contributed by atoms with Gasteiger partial charge in [-0.15, -0.1) is 0 Å². The van der Waals surface area contributed by atoms with Crippen LogP contribution in [0.5, 0.6) is 0 Å². The fourth-order valence-electron chi connectivity index (χ4n) is 1.62. The van der Waals surface area contributed by atoms with Crippen molar-refractivity contribution in [3.63, 3.8) is 0 Å². The molecule has 0 spiro atoms. The maximum atomic E-state index is 11.4. The standard InChI is InChI=1S/C12H12N2O4S/c1-8-3-4-9(12(15)16)5-11(8)14-7-10(6-13-14)19(2,17)18/h3-7H,1-2H3,(H,15,16).